The minimum atomic E-state index is 0.00761. The first-order chi connectivity index (χ1) is 7.56. The van der Waals surface area contributed by atoms with Crippen molar-refractivity contribution in [3.05, 3.63) is 34.3 Å². The van der Waals surface area contributed by atoms with Crippen LogP contribution in [0.4, 0.5) is 0 Å². The second-order valence-corrected chi connectivity index (χ2v) is 4.24. The molecule has 0 aliphatic rings. The van der Waals surface area contributed by atoms with Gasteiger partial charge in [0.15, 0.2) is 0 Å². The number of nitrogens with zero attached hydrogens (tertiary/aromatic N) is 1. The van der Waals surface area contributed by atoms with Crippen molar-refractivity contribution in [2.45, 2.75) is 13.3 Å². The van der Waals surface area contributed by atoms with Gasteiger partial charge in [-0.2, -0.15) is 0 Å². The number of amides is 1. The summed E-state index contributed by atoms with van der Waals surface area (Å²) >= 11 is 5.91. The fraction of sp³-hybridized carbons (Fsp3) is 0.417. The summed E-state index contributed by atoms with van der Waals surface area (Å²) in [6.45, 7) is 3.16. The van der Waals surface area contributed by atoms with Gasteiger partial charge in [0.05, 0.1) is 0 Å². The Labute approximate surface area is 101 Å². The zero-order chi connectivity index (χ0) is 12.1. The van der Waals surface area contributed by atoms with Crippen molar-refractivity contribution in [2.24, 2.45) is 5.73 Å². The molecule has 0 atom stereocenters. The molecule has 0 aliphatic heterocycles. The van der Waals surface area contributed by atoms with Gasteiger partial charge in [0.25, 0.3) is 5.91 Å². The summed E-state index contributed by atoms with van der Waals surface area (Å²) in [5.74, 6) is 0.00761. The Balaban J connectivity index is 2.76. The molecule has 88 valence electrons. The SMILES string of the molecule is Cc1cc(C(=O)N(C)CCCN)ccc1Cl. The Morgan fingerprint density at radius 3 is 2.75 bits per heavy atom. The normalized spacial score (nSPS) is 10.2. The standard InChI is InChI=1S/C12H17ClN2O/c1-9-8-10(4-5-11(9)13)12(16)15(2)7-3-6-14/h4-5,8H,3,6-7,14H2,1-2H3. The summed E-state index contributed by atoms with van der Waals surface area (Å²) in [6, 6.07) is 5.31. The van der Waals surface area contributed by atoms with E-state index >= 15 is 0 Å². The lowest BCUT2D eigenvalue weighted by molar-refractivity contribution is 0.0794. The molecule has 1 amide bonds. The third-order valence-electron chi connectivity index (χ3n) is 2.45. The van der Waals surface area contributed by atoms with Crippen LogP contribution in [0.15, 0.2) is 18.2 Å². The van der Waals surface area contributed by atoms with Crippen LogP contribution >= 0.6 is 11.6 Å². The lowest BCUT2D eigenvalue weighted by atomic mass is 10.1. The van der Waals surface area contributed by atoms with E-state index in [2.05, 4.69) is 0 Å². The third-order valence-corrected chi connectivity index (χ3v) is 2.87. The molecule has 16 heavy (non-hydrogen) atoms. The number of rotatable bonds is 4. The monoisotopic (exact) mass is 240 g/mol. The Morgan fingerprint density at radius 1 is 1.50 bits per heavy atom. The second kappa shape index (κ2) is 5.87. The Kier molecular flexibility index (Phi) is 4.77. The summed E-state index contributed by atoms with van der Waals surface area (Å²) in [5, 5.41) is 0.682. The Bertz CT molecular complexity index is 379. The highest BCUT2D eigenvalue weighted by atomic mass is 35.5. The molecule has 0 heterocycles. The number of carbonyl (C=O) groups excluding carboxylic acids is 1. The second-order valence-electron chi connectivity index (χ2n) is 3.83. The van der Waals surface area contributed by atoms with Crippen LogP contribution in [0.2, 0.25) is 5.02 Å². The number of aryl methyl sites for hydroxylation is 1. The molecule has 0 radical (unpaired) electrons. The maximum atomic E-state index is 12.0. The van der Waals surface area contributed by atoms with Gasteiger partial charge in [0.2, 0.25) is 0 Å². The van der Waals surface area contributed by atoms with Crippen molar-refractivity contribution < 1.29 is 4.79 Å². The van der Waals surface area contributed by atoms with E-state index < -0.39 is 0 Å². The van der Waals surface area contributed by atoms with Crippen LogP contribution in [0, 0.1) is 6.92 Å². The number of benzene rings is 1. The number of hydrogen-bond acceptors (Lipinski definition) is 2. The minimum Gasteiger partial charge on any atom is -0.342 e. The predicted octanol–water partition coefficient (Wildman–Crippen LogP) is 2.07. The van der Waals surface area contributed by atoms with Gasteiger partial charge in [-0.1, -0.05) is 11.6 Å². The van der Waals surface area contributed by atoms with Gasteiger partial charge >= 0.3 is 0 Å². The summed E-state index contributed by atoms with van der Waals surface area (Å²) < 4.78 is 0. The molecule has 0 aliphatic carbocycles. The van der Waals surface area contributed by atoms with Gasteiger partial charge in [-0.15, -0.1) is 0 Å². The van der Waals surface area contributed by atoms with Crippen molar-refractivity contribution in [3.63, 3.8) is 0 Å². The molecule has 1 rings (SSSR count). The van der Waals surface area contributed by atoms with E-state index in [0.717, 1.165) is 12.0 Å². The van der Waals surface area contributed by atoms with E-state index in [1.165, 1.54) is 0 Å². The van der Waals surface area contributed by atoms with Crippen LogP contribution in [0.1, 0.15) is 22.3 Å². The molecule has 0 bridgehead atoms. The minimum absolute atomic E-state index is 0.00761. The van der Waals surface area contributed by atoms with Crippen molar-refractivity contribution >= 4 is 17.5 Å². The average molecular weight is 241 g/mol. The molecule has 3 nitrogen and oxygen atoms in total. The number of carbonyl (C=O) groups is 1. The molecule has 2 N–H and O–H groups in total. The fourth-order valence-electron chi connectivity index (χ4n) is 1.43. The molecule has 0 saturated carbocycles. The first-order valence-corrected chi connectivity index (χ1v) is 5.65. The Morgan fingerprint density at radius 2 is 2.19 bits per heavy atom. The molecule has 0 unspecified atom stereocenters. The van der Waals surface area contributed by atoms with E-state index in [0.29, 0.717) is 23.7 Å². The van der Waals surface area contributed by atoms with Crippen LogP contribution in [-0.2, 0) is 0 Å². The first-order valence-electron chi connectivity index (χ1n) is 5.28. The van der Waals surface area contributed by atoms with Crippen LogP contribution in [-0.4, -0.2) is 30.9 Å². The van der Waals surface area contributed by atoms with Gasteiger partial charge in [-0.25, -0.2) is 0 Å². The zero-order valence-electron chi connectivity index (χ0n) is 9.66. The van der Waals surface area contributed by atoms with Crippen LogP contribution in [0.5, 0.6) is 0 Å². The maximum absolute atomic E-state index is 12.0. The fourth-order valence-corrected chi connectivity index (χ4v) is 1.55. The topological polar surface area (TPSA) is 46.3 Å². The maximum Gasteiger partial charge on any atom is 0.253 e. The van der Waals surface area contributed by atoms with Crippen molar-refractivity contribution in [2.75, 3.05) is 20.1 Å². The average Bonchev–Trinajstić information content (AvgIpc) is 2.28. The lowest BCUT2D eigenvalue weighted by Crippen LogP contribution is -2.29. The highest BCUT2D eigenvalue weighted by Crippen LogP contribution is 2.17. The molecule has 0 fully saturated rings. The third kappa shape index (κ3) is 3.22. The lowest BCUT2D eigenvalue weighted by Gasteiger charge is -2.17. The summed E-state index contributed by atoms with van der Waals surface area (Å²) in [4.78, 5) is 13.6. The number of hydrogen-bond donors (Lipinski definition) is 1. The molecule has 0 aromatic heterocycles. The largest absolute Gasteiger partial charge is 0.342 e. The van der Waals surface area contributed by atoms with E-state index in [4.69, 9.17) is 17.3 Å². The molecule has 0 saturated heterocycles. The van der Waals surface area contributed by atoms with Gasteiger partial charge in [0.1, 0.15) is 0 Å². The van der Waals surface area contributed by atoms with E-state index in [1.54, 1.807) is 24.1 Å². The molecule has 1 aromatic carbocycles. The summed E-state index contributed by atoms with van der Waals surface area (Å²) in [7, 11) is 1.78. The molecule has 0 spiro atoms. The van der Waals surface area contributed by atoms with Crippen LogP contribution in [0.3, 0.4) is 0 Å². The van der Waals surface area contributed by atoms with Gasteiger partial charge in [0, 0.05) is 24.2 Å². The molecule has 4 heteroatoms. The summed E-state index contributed by atoms with van der Waals surface area (Å²) in [5.41, 5.74) is 6.99. The highest BCUT2D eigenvalue weighted by molar-refractivity contribution is 6.31. The number of halogens is 1. The van der Waals surface area contributed by atoms with Gasteiger partial charge < -0.3 is 10.6 Å². The van der Waals surface area contributed by atoms with Crippen LogP contribution < -0.4 is 5.73 Å². The molecule has 1 aromatic rings. The van der Waals surface area contributed by atoms with Crippen molar-refractivity contribution in [1.82, 2.24) is 4.90 Å². The van der Waals surface area contributed by atoms with E-state index in [1.807, 2.05) is 13.0 Å². The van der Waals surface area contributed by atoms with E-state index in [9.17, 15) is 4.79 Å². The van der Waals surface area contributed by atoms with Crippen LogP contribution in [0.25, 0.3) is 0 Å². The highest BCUT2D eigenvalue weighted by Gasteiger charge is 2.11. The Hall–Kier alpha value is -1.06. The molecular formula is C12H17ClN2O. The zero-order valence-corrected chi connectivity index (χ0v) is 10.4. The predicted molar refractivity (Wildman–Crippen MR) is 66.8 cm³/mol. The molecular weight excluding hydrogens is 224 g/mol. The van der Waals surface area contributed by atoms with Gasteiger partial charge in [-0.3, -0.25) is 4.79 Å². The van der Waals surface area contributed by atoms with Crippen molar-refractivity contribution in [3.8, 4) is 0 Å². The first kappa shape index (κ1) is 13.0. The van der Waals surface area contributed by atoms with Crippen molar-refractivity contribution in [1.29, 1.82) is 0 Å². The number of nitrogens with two attached hydrogens (primary N) is 1. The van der Waals surface area contributed by atoms with Gasteiger partial charge in [-0.05, 0) is 43.7 Å². The quantitative estimate of drug-likeness (QED) is 0.876. The van der Waals surface area contributed by atoms with E-state index in [-0.39, 0.29) is 5.91 Å². The smallest absolute Gasteiger partial charge is 0.253 e. The summed E-state index contributed by atoms with van der Waals surface area (Å²) in [6.07, 6.45) is 0.814.